The SMILES string of the molecule is Cc1cccc(OC(C)C(=O)NCc2cccc(F)c2)c1C. The first-order valence-electron chi connectivity index (χ1n) is 7.22. The molecule has 0 aliphatic heterocycles. The van der Waals surface area contributed by atoms with Crippen LogP contribution in [0.15, 0.2) is 42.5 Å². The number of rotatable bonds is 5. The molecule has 116 valence electrons. The number of benzene rings is 2. The van der Waals surface area contributed by atoms with Crippen molar-refractivity contribution in [3.8, 4) is 5.75 Å². The molecule has 2 rings (SSSR count). The van der Waals surface area contributed by atoms with Crippen molar-refractivity contribution < 1.29 is 13.9 Å². The van der Waals surface area contributed by atoms with E-state index < -0.39 is 6.10 Å². The van der Waals surface area contributed by atoms with Crippen LogP contribution in [0, 0.1) is 19.7 Å². The molecule has 0 bridgehead atoms. The molecule has 0 saturated carbocycles. The number of halogens is 1. The maximum Gasteiger partial charge on any atom is 0.261 e. The van der Waals surface area contributed by atoms with E-state index in [1.165, 1.54) is 12.1 Å². The molecule has 4 heteroatoms. The molecule has 0 radical (unpaired) electrons. The maximum atomic E-state index is 13.1. The Morgan fingerprint density at radius 1 is 1.23 bits per heavy atom. The fraction of sp³-hybridized carbons (Fsp3) is 0.278. The van der Waals surface area contributed by atoms with Crippen molar-refractivity contribution in [1.82, 2.24) is 5.32 Å². The van der Waals surface area contributed by atoms with Crippen LogP contribution in [0.1, 0.15) is 23.6 Å². The van der Waals surface area contributed by atoms with E-state index in [-0.39, 0.29) is 18.3 Å². The van der Waals surface area contributed by atoms with E-state index in [1.807, 2.05) is 32.0 Å². The molecule has 3 nitrogen and oxygen atoms in total. The Morgan fingerprint density at radius 2 is 1.95 bits per heavy atom. The molecule has 0 aliphatic rings. The topological polar surface area (TPSA) is 38.3 Å². The van der Waals surface area contributed by atoms with E-state index in [2.05, 4.69) is 5.32 Å². The number of carbonyl (C=O) groups excluding carboxylic acids is 1. The standard InChI is InChI=1S/C18H20FNO2/c1-12-6-4-9-17(13(12)2)22-14(3)18(21)20-11-15-7-5-8-16(19)10-15/h4-10,14H,11H2,1-3H3,(H,20,21). The molecular weight excluding hydrogens is 281 g/mol. The van der Waals surface area contributed by atoms with Gasteiger partial charge in [0.2, 0.25) is 0 Å². The fourth-order valence-corrected chi connectivity index (χ4v) is 2.08. The number of aryl methyl sites for hydroxylation is 1. The van der Waals surface area contributed by atoms with Gasteiger partial charge >= 0.3 is 0 Å². The summed E-state index contributed by atoms with van der Waals surface area (Å²) < 4.78 is 18.8. The van der Waals surface area contributed by atoms with E-state index in [0.717, 1.165) is 11.1 Å². The van der Waals surface area contributed by atoms with E-state index in [9.17, 15) is 9.18 Å². The van der Waals surface area contributed by atoms with Crippen LogP contribution in [0.2, 0.25) is 0 Å². The molecular formula is C18H20FNO2. The van der Waals surface area contributed by atoms with E-state index in [4.69, 9.17) is 4.74 Å². The molecule has 0 aromatic heterocycles. The van der Waals surface area contributed by atoms with Gasteiger partial charge in [0.05, 0.1) is 0 Å². The summed E-state index contributed by atoms with van der Waals surface area (Å²) in [6.07, 6.45) is -0.617. The smallest absolute Gasteiger partial charge is 0.261 e. The molecule has 1 unspecified atom stereocenters. The minimum atomic E-state index is -0.617. The molecule has 0 saturated heterocycles. The molecule has 2 aromatic rings. The number of amides is 1. The van der Waals surface area contributed by atoms with Crippen molar-refractivity contribution in [1.29, 1.82) is 0 Å². The average Bonchev–Trinajstić information content (AvgIpc) is 2.49. The summed E-state index contributed by atoms with van der Waals surface area (Å²) in [5, 5.41) is 2.75. The fourth-order valence-electron chi connectivity index (χ4n) is 2.08. The van der Waals surface area contributed by atoms with Crippen molar-refractivity contribution in [2.45, 2.75) is 33.4 Å². The molecule has 0 spiro atoms. The number of carbonyl (C=O) groups is 1. The third-order valence-electron chi connectivity index (χ3n) is 3.58. The summed E-state index contributed by atoms with van der Waals surface area (Å²) in [4.78, 5) is 12.1. The quantitative estimate of drug-likeness (QED) is 0.917. The predicted octanol–water partition coefficient (Wildman–Crippen LogP) is 3.53. The van der Waals surface area contributed by atoms with Gasteiger partial charge in [-0.25, -0.2) is 4.39 Å². The molecule has 1 N–H and O–H groups in total. The zero-order valence-corrected chi connectivity index (χ0v) is 13.0. The molecule has 0 aliphatic carbocycles. The van der Waals surface area contributed by atoms with Gasteiger partial charge in [-0.05, 0) is 55.7 Å². The summed E-state index contributed by atoms with van der Waals surface area (Å²) in [7, 11) is 0. The predicted molar refractivity (Wildman–Crippen MR) is 84.3 cm³/mol. The number of hydrogen-bond donors (Lipinski definition) is 1. The average molecular weight is 301 g/mol. The van der Waals surface area contributed by atoms with Crippen molar-refractivity contribution in [2.24, 2.45) is 0 Å². The first-order valence-corrected chi connectivity index (χ1v) is 7.22. The Bertz CT molecular complexity index is 670. The van der Waals surface area contributed by atoms with Crippen LogP contribution in [0.25, 0.3) is 0 Å². The van der Waals surface area contributed by atoms with Gasteiger partial charge in [0, 0.05) is 6.54 Å². The monoisotopic (exact) mass is 301 g/mol. The largest absolute Gasteiger partial charge is 0.481 e. The lowest BCUT2D eigenvalue weighted by Gasteiger charge is -2.17. The van der Waals surface area contributed by atoms with Crippen LogP contribution in [0.3, 0.4) is 0 Å². The lowest BCUT2D eigenvalue weighted by atomic mass is 10.1. The van der Waals surface area contributed by atoms with Gasteiger partial charge in [-0.1, -0.05) is 24.3 Å². The van der Waals surface area contributed by atoms with E-state index in [1.54, 1.807) is 19.1 Å². The molecule has 2 aromatic carbocycles. The Kier molecular flexibility index (Phi) is 5.15. The van der Waals surface area contributed by atoms with Gasteiger partial charge in [-0.3, -0.25) is 4.79 Å². The minimum Gasteiger partial charge on any atom is -0.481 e. The molecule has 1 atom stereocenters. The van der Waals surface area contributed by atoms with Crippen LogP contribution in [0.4, 0.5) is 4.39 Å². The zero-order valence-electron chi connectivity index (χ0n) is 13.0. The van der Waals surface area contributed by atoms with Gasteiger partial charge < -0.3 is 10.1 Å². The highest BCUT2D eigenvalue weighted by molar-refractivity contribution is 5.80. The lowest BCUT2D eigenvalue weighted by Crippen LogP contribution is -2.36. The van der Waals surface area contributed by atoms with Crippen molar-refractivity contribution in [3.05, 3.63) is 65.0 Å². The Balaban J connectivity index is 1.93. The highest BCUT2D eigenvalue weighted by Gasteiger charge is 2.15. The second kappa shape index (κ2) is 7.07. The Labute approximate surface area is 130 Å². The van der Waals surface area contributed by atoms with Gasteiger partial charge in [0.15, 0.2) is 6.10 Å². The Morgan fingerprint density at radius 3 is 2.68 bits per heavy atom. The van der Waals surface area contributed by atoms with Crippen LogP contribution >= 0.6 is 0 Å². The lowest BCUT2D eigenvalue weighted by molar-refractivity contribution is -0.127. The molecule has 22 heavy (non-hydrogen) atoms. The first-order chi connectivity index (χ1) is 10.5. The number of nitrogens with one attached hydrogen (secondary N) is 1. The van der Waals surface area contributed by atoms with Gasteiger partial charge in [-0.15, -0.1) is 0 Å². The highest BCUT2D eigenvalue weighted by Crippen LogP contribution is 2.21. The summed E-state index contributed by atoms with van der Waals surface area (Å²) in [5.74, 6) is 0.157. The molecule has 1 amide bonds. The highest BCUT2D eigenvalue weighted by atomic mass is 19.1. The zero-order chi connectivity index (χ0) is 16.1. The van der Waals surface area contributed by atoms with Crippen LogP contribution in [-0.4, -0.2) is 12.0 Å². The minimum absolute atomic E-state index is 0.231. The number of ether oxygens (including phenoxy) is 1. The third kappa shape index (κ3) is 4.07. The summed E-state index contributed by atoms with van der Waals surface area (Å²) in [6, 6.07) is 11.9. The van der Waals surface area contributed by atoms with Crippen molar-refractivity contribution in [3.63, 3.8) is 0 Å². The first kappa shape index (κ1) is 16.0. The van der Waals surface area contributed by atoms with Crippen LogP contribution in [-0.2, 0) is 11.3 Å². The second-order valence-electron chi connectivity index (χ2n) is 5.31. The summed E-state index contributed by atoms with van der Waals surface area (Å²) in [5.41, 5.74) is 2.85. The third-order valence-corrected chi connectivity index (χ3v) is 3.58. The van der Waals surface area contributed by atoms with E-state index in [0.29, 0.717) is 11.3 Å². The van der Waals surface area contributed by atoms with Gasteiger partial charge in [-0.2, -0.15) is 0 Å². The normalized spacial score (nSPS) is 11.8. The van der Waals surface area contributed by atoms with Gasteiger partial charge in [0.25, 0.3) is 5.91 Å². The van der Waals surface area contributed by atoms with E-state index >= 15 is 0 Å². The van der Waals surface area contributed by atoms with Crippen molar-refractivity contribution in [2.75, 3.05) is 0 Å². The maximum absolute atomic E-state index is 13.1. The van der Waals surface area contributed by atoms with Crippen LogP contribution < -0.4 is 10.1 Å². The number of hydrogen-bond acceptors (Lipinski definition) is 2. The summed E-state index contributed by atoms with van der Waals surface area (Å²) >= 11 is 0. The molecule has 0 fully saturated rings. The second-order valence-corrected chi connectivity index (χ2v) is 5.31. The van der Waals surface area contributed by atoms with Crippen LogP contribution in [0.5, 0.6) is 5.75 Å². The van der Waals surface area contributed by atoms with Gasteiger partial charge in [0.1, 0.15) is 11.6 Å². The Hall–Kier alpha value is -2.36. The summed E-state index contributed by atoms with van der Waals surface area (Å²) in [6.45, 7) is 5.93. The molecule has 0 heterocycles. The van der Waals surface area contributed by atoms with Crippen molar-refractivity contribution >= 4 is 5.91 Å².